The van der Waals surface area contributed by atoms with Crippen LogP contribution in [0.3, 0.4) is 0 Å². The zero-order valence-corrected chi connectivity index (χ0v) is 13.0. The van der Waals surface area contributed by atoms with E-state index in [9.17, 15) is 18.8 Å². The number of hydrogen-bond donors (Lipinski definition) is 1. The molecule has 1 aliphatic heterocycles. The Kier molecular flexibility index (Phi) is 4.22. The van der Waals surface area contributed by atoms with Gasteiger partial charge in [0.25, 0.3) is 11.1 Å². The molecule has 1 saturated heterocycles. The number of thioether (sulfide) groups is 1. The molecule has 0 saturated carbocycles. The highest BCUT2D eigenvalue weighted by Crippen LogP contribution is 2.32. The predicted octanol–water partition coefficient (Wildman–Crippen LogP) is 2.74. The summed E-state index contributed by atoms with van der Waals surface area (Å²) in [5.41, 5.74) is 1.31. The minimum absolute atomic E-state index is 0.142. The molecule has 1 aliphatic rings. The van der Waals surface area contributed by atoms with Crippen molar-refractivity contribution in [2.75, 3.05) is 6.54 Å². The Morgan fingerprint density at radius 1 is 1.21 bits per heavy atom. The molecule has 2 amide bonds. The van der Waals surface area contributed by atoms with E-state index < -0.39 is 23.7 Å². The molecule has 3 rings (SSSR count). The molecule has 1 N–H and O–H groups in total. The molecule has 0 radical (unpaired) electrons. The first-order chi connectivity index (χ1) is 11.5. The molecule has 0 unspecified atom stereocenters. The number of amides is 2. The van der Waals surface area contributed by atoms with Crippen LogP contribution >= 0.6 is 11.8 Å². The van der Waals surface area contributed by atoms with Gasteiger partial charge in [-0.3, -0.25) is 19.3 Å². The van der Waals surface area contributed by atoms with Crippen LogP contribution < -0.4 is 0 Å². The van der Waals surface area contributed by atoms with Crippen molar-refractivity contribution in [1.82, 2.24) is 9.47 Å². The second-order valence-electron chi connectivity index (χ2n) is 4.94. The molecule has 0 atom stereocenters. The van der Waals surface area contributed by atoms with E-state index in [0.29, 0.717) is 28.0 Å². The third kappa shape index (κ3) is 3.09. The minimum atomic E-state index is -1.26. The molecule has 1 fully saturated rings. The third-order valence-electron chi connectivity index (χ3n) is 3.33. The van der Waals surface area contributed by atoms with E-state index in [0.717, 1.165) is 0 Å². The number of carbonyl (C=O) groups is 3. The first kappa shape index (κ1) is 16.0. The molecule has 1 aromatic carbocycles. The molecule has 24 heavy (non-hydrogen) atoms. The number of benzene rings is 1. The van der Waals surface area contributed by atoms with Crippen LogP contribution in [-0.4, -0.2) is 38.2 Å². The molecule has 0 bridgehead atoms. The average molecular weight is 346 g/mol. The van der Waals surface area contributed by atoms with Crippen LogP contribution in [0.4, 0.5) is 9.18 Å². The van der Waals surface area contributed by atoms with Gasteiger partial charge in [-0.1, -0.05) is 0 Å². The zero-order valence-electron chi connectivity index (χ0n) is 12.2. The van der Waals surface area contributed by atoms with Crippen LogP contribution in [0.5, 0.6) is 0 Å². The molecule has 8 heteroatoms. The fraction of sp³-hybridized carbons (Fsp3) is 0.0625. The number of carbonyl (C=O) groups excluding carboxylic acids is 2. The molecule has 2 aromatic rings. The SMILES string of the molecule is O=C(O)CN1C(=O)S/C(=C/c2cccn2-c2ccc(F)cc2)C1=O. The van der Waals surface area contributed by atoms with Crippen LogP contribution in [-0.2, 0) is 9.59 Å². The lowest BCUT2D eigenvalue weighted by Crippen LogP contribution is -2.33. The van der Waals surface area contributed by atoms with Gasteiger partial charge in [0.1, 0.15) is 12.4 Å². The van der Waals surface area contributed by atoms with Gasteiger partial charge >= 0.3 is 5.97 Å². The Morgan fingerprint density at radius 2 is 1.92 bits per heavy atom. The highest BCUT2D eigenvalue weighted by molar-refractivity contribution is 8.18. The lowest BCUT2D eigenvalue weighted by Gasteiger charge is -2.08. The fourth-order valence-electron chi connectivity index (χ4n) is 2.25. The normalized spacial score (nSPS) is 16.2. The Balaban J connectivity index is 1.92. The first-order valence-corrected chi connectivity index (χ1v) is 7.68. The second-order valence-corrected chi connectivity index (χ2v) is 5.93. The quantitative estimate of drug-likeness (QED) is 0.861. The van der Waals surface area contributed by atoms with Gasteiger partial charge in [-0.2, -0.15) is 0 Å². The van der Waals surface area contributed by atoms with Gasteiger partial charge < -0.3 is 9.67 Å². The Hall–Kier alpha value is -2.87. The maximum Gasteiger partial charge on any atom is 0.323 e. The van der Waals surface area contributed by atoms with E-state index in [1.54, 1.807) is 35.0 Å². The molecular formula is C16H11FN2O4S. The average Bonchev–Trinajstić information content (AvgIpc) is 3.09. The van der Waals surface area contributed by atoms with E-state index >= 15 is 0 Å². The van der Waals surface area contributed by atoms with E-state index in [1.807, 2.05) is 0 Å². The monoisotopic (exact) mass is 346 g/mol. The van der Waals surface area contributed by atoms with Crippen molar-refractivity contribution in [1.29, 1.82) is 0 Å². The lowest BCUT2D eigenvalue weighted by atomic mass is 10.3. The summed E-state index contributed by atoms with van der Waals surface area (Å²) in [4.78, 5) is 35.5. The highest BCUT2D eigenvalue weighted by atomic mass is 32.2. The van der Waals surface area contributed by atoms with Crippen molar-refractivity contribution in [3.8, 4) is 5.69 Å². The van der Waals surface area contributed by atoms with Crippen molar-refractivity contribution < 1.29 is 23.9 Å². The number of aromatic nitrogens is 1. The number of aliphatic carboxylic acids is 1. The van der Waals surface area contributed by atoms with Crippen LogP contribution in [0.2, 0.25) is 0 Å². The van der Waals surface area contributed by atoms with E-state index in [-0.39, 0.29) is 10.7 Å². The van der Waals surface area contributed by atoms with Crippen molar-refractivity contribution in [3.63, 3.8) is 0 Å². The summed E-state index contributed by atoms with van der Waals surface area (Å²) in [5, 5.41) is 8.14. The van der Waals surface area contributed by atoms with Crippen LogP contribution in [0.1, 0.15) is 5.69 Å². The van der Waals surface area contributed by atoms with Crippen molar-refractivity contribution in [2.24, 2.45) is 0 Å². The van der Waals surface area contributed by atoms with Crippen LogP contribution in [0.25, 0.3) is 11.8 Å². The van der Waals surface area contributed by atoms with Gasteiger partial charge in [0.05, 0.1) is 4.91 Å². The van der Waals surface area contributed by atoms with Crippen molar-refractivity contribution in [3.05, 3.63) is 59.0 Å². The molecule has 2 heterocycles. The summed E-state index contributed by atoms with van der Waals surface area (Å²) in [7, 11) is 0. The largest absolute Gasteiger partial charge is 0.480 e. The van der Waals surface area contributed by atoms with Gasteiger partial charge in [0, 0.05) is 17.6 Å². The Labute approximate surface area is 140 Å². The summed E-state index contributed by atoms with van der Waals surface area (Å²) < 4.78 is 14.8. The summed E-state index contributed by atoms with van der Waals surface area (Å²) in [5.74, 6) is -2.25. The number of imide groups is 1. The standard InChI is InChI=1S/C16H11FN2O4S/c17-10-3-5-11(6-4-10)18-7-1-2-12(18)8-13-15(22)19(9-14(20)21)16(23)24-13/h1-8H,9H2,(H,20,21)/b13-8+. The Bertz CT molecular complexity index is 857. The summed E-state index contributed by atoms with van der Waals surface area (Å²) in [6.45, 7) is -0.666. The predicted molar refractivity (Wildman–Crippen MR) is 86.0 cm³/mol. The molecule has 122 valence electrons. The van der Waals surface area contributed by atoms with Crippen LogP contribution in [0.15, 0.2) is 47.5 Å². The molecule has 0 aliphatic carbocycles. The number of carboxylic acids is 1. The van der Waals surface area contributed by atoms with Crippen molar-refractivity contribution >= 4 is 35.0 Å². The van der Waals surface area contributed by atoms with E-state index in [4.69, 9.17) is 5.11 Å². The number of carboxylic acid groups (broad SMARTS) is 1. The topological polar surface area (TPSA) is 79.6 Å². The van der Waals surface area contributed by atoms with Crippen LogP contribution in [0, 0.1) is 5.82 Å². The zero-order chi connectivity index (χ0) is 17.3. The second kappa shape index (κ2) is 6.32. The van der Waals surface area contributed by atoms with Crippen molar-refractivity contribution in [2.45, 2.75) is 0 Å². The Morgan fingerprint density at radius 3 is 2.58 bits per heavy atom. The minimum Gasteiger partial charge on any atom is -0.480 e. The number of halogens is 1. The maximum absolute atomic E-state index is 13.0. The molecule has 1 aromatic heterocycles. The smallest absolute Gasteiger partial charge is 0.323 e. The van der Waals surface area contributed by atoms with E-state index in [1.165, 1.54) is 18.2 Å². The van der Waals surface area contributed by atoms with Gasteiger partial charge in [0.2, 0.25) is 0 Å². The van der Waals surface area contributed by atoms with E-state index in [2.05, 4.69) is 0 Å². The summed E-state index contributed by atoms with van der Waals surface area (Å²) in [6.07, 6.45) is 3.25. The van der Waals surface area contributed by atoms with Gasteiger partial charge in [-0.05, 0) is 54.2 Å². The van der Waals surface area contributed by atoms with Gasteiger partial charge in [-0.15, -0.1) is 0 Å². The maximum atomic E-state index is 13.0. The molecule has 0 spiro atoms. The lowest BCUT2D eigenvalue weighted by molar-refractivity contribution is -0.140. The number of rotatable bonds is 4. The summed E-state index contributed by atoms with van der Waals surface area (Å²) in [6, 6.07) is 9.29. The summed E-state index contributed by atoms with van der Waals surface area (Å²) >= 11 is 0.690. The van der Waals surface area contributed by atoms with Gasteiger partial charge in [-0.25, -0.2) is 4.39 Å². The number of nitrogens with zero attached hydrogens (tertiary/aromatic N) is 2. The fourth-order valence-corrected chi connectivity index (χ4v) is 3.08. The first-order valence-electron chi connectivity index (χ1n) is 6.86. The number of hydrogen-bond acceptors (Lipinski definition) is 4. The highest BCUT2D eigenvalue weighted by Gasteiger charge is 2.36. The van der Waals surface area contributed by atoms with Gasteiger partial charge in [0.15, 0.2) is 0 Å². The molecule has 6 nitrogen and oxygen atoms in total. The molecular weight excluding hydrogens is 335 g/mol. The third-order valence-corrected chi connectivity index (χ3v) is 4.24.